The van der Waals surface area contributed by atoms with Crippen LogP contribution in [0.1, 0.15) is 20.8 Å². The van der Waals surface area contributed by atoms with Gasteiger partial charge in [-0.05, 0) is 27.8 Å². The highest BCUT2D eigenvalue weighted by molar-refractivity contribution is 4.75. The molecule has 0 radical (unpaired) electrons. The summed E-state index contributed by atoms with van der Waals surface area (Å²) in [7, 11) is 1.98. The molecule has 0 amide bonds. The van der Waals surface area contributed by atoms with Gasteiger partial charge in [-0.25, -0.2) is 0 Å². The quantitative estimate of drug-likeness (QED) is 0.612. The summed E-state index contributed by atoms with van der Waals surface area (Å²) in [6.45, 7) is 7.29. The molecule has 11 heavy (non-hydrogen) atoms. The largest absolute Gasteiger partial charge is 0.390 e. The highest BCUT2D eigenvalue weighted by atomic mass is 16.3. The molecule has 0 spiro atoms. The number of aliphatic hydroxyl groups is 1. The molecule has 0 fully saturated rings. The van der Waals surface area contributed by atoms with E-state index in [2.05, 4.69) is 25.7 Å². The van der Waals surface area contributed by atoms with Crippen molar-refractivity contribution in [3.05, 3.63) is 0 Å². The minimum Gasteiger partial charge on any atom is -0.390 e. The first-order valence-electron chi connectivity index (χ1n) is 3.97. The highest BCUT2D eigenvalue weighted by Crippen LogP contribution is 2.09. The number of hydrogen-bond donors (Lipinski definition) is 2. The molecule has 3 N–H and O–H groups in total. The Morgan fingerprint density at radius 3 is 2.18 bits per heavy atom. The summed E-state index contributed by atoms with van der Waals surface area (Å²) in [5, 5.41) is 9.22. The second-order valence-corrected chi connectivity index (χ2v) is 3.94. The molecule has 0 aromatic heterocycles. The van der Waals surface area contributed by atoms with E-state index in [0.29, 0.717) is 13.1 Å². The topological polar surface area (TPSA) is 49.5 Å². The molecule has 0 aliphatic carbocycles. The van der Waals surface area contributed by atoms with Crippen molar-refractivity contribution in [2.75, 3.05) is 20.1 Å². The average molecular weight is 160 g/mol. The van der Waals surface area contributed by atoms with E-state index < -0.39 is 6.10 Å². The van der Waals surface area contributed by atoms with Gasteiger partial charge in [-0.1, -0.05) is 0 Å². The predicted octanol–water partition coefficient (Wildman–Crippen LogP) is 0.0363. The molecule has 68 valence electrons. The van der Waals surface area contributed by atoms with Gasteiger partial charge in [0.2, 0.25) is 0 Å². The van der Waals surface area contributed by atoms with Gasteiger partial charge in [-0.3, -0.25) is 4.90 Å². The fourth-order valence-corrected chi connectivity index (χ4v) is 0.665. The zero-order chi connectivity index (χ0) is 9.07. The van der Waals surface area contributed by atoms with Crippen molar-refractivity contribution in [3.8, 4) is 0 Å². The molecule has 0 rings (SSSR count). The molecule has 0 aromatic rings. The van der Waals surface area contributed by atoms with Gasteiger partial charge in [-0.2, -0.15) is 0 Å². The second kappa shape index (κ2) is 4.04. The minimum absolute atomic E-state index is 0.107. The van der Waals surface area contributed by atoms with Crippen LogP contribution in [0.2, 0.25) is 0 Å². The number of rotatable bonds is 3. The summed E-state index contributed by atoms with van der Waals surface area (Å²) in [4.78, 5) is 2.09. The maximum Gasteiger partial charge on any atom is 0.0789 e. The highest BCUT2D eigenvalue weighted by Gasteiger charge is 2.18. The zero-order valence-electron chi connectivity index (χ0n) is 7.96. The van der Waals surface area contributed by atoms with E-state index in [1.807, 2.05) is 7.05 Å². The van der Waals surface area contributed by atoms with Gasteiger partial charge < -0.3 is 10.8 Å². The number of aliphatic hydroxyl groups excluding tert-OH is 1. The Hall–Kier alpha value is -0.120. The Balaban J connectivity index is 3.77. The summed E-state index contributed by atoms with van der Waals surface area (Å²) in [5.41, 5.74) is 5.39. The van der Waals surface area contributed by atoms with Gasteiger partial charge in [0.1, 0.15) is 0 Å². The van der Waals surface area contributed by atoms with Crippen LogP contribution in [-0.2, 0) is 0 Å². The lowest BCUT2D eigenvalue weighted by Crippen LogP contribution is -2.44. The molecule has 0 bridgehead atoms. The van der Waals surface area contributed by atoms with E-state index in [1.54, 1.807) is 0 Å². The maximum atomic E-state index is 9.22. The first-order chi connectivity index (χ1) is 4.88. The van der Waals surface area contributed by atoms with E-state index >= 15 is 0 Å². The van der Waals surface area contributed by atoms with Crippen molar-refractivity contribution in [2.24, 2.45) is 5.73 Å². The van der Waals surface area contributed by atoms with E-state index in [-0.39, 0.29) is 5.54 Å². The number of likely N-dealkylation sites (N-methyl/N-ethyl adjacent to an activating group) is 1. The summed E-state index contributed by atoms with van der Waals surface area (Å²) in [6.07, 6.45) is -0.403. The Bertz CT molecular complexity index is 109. The third-order valence-corrected chi connectivity index (χ3v) is 1.90. The van der Waals surface area contributed by atoms with E-state index in [9.17, 15) is 5.11 Å². The maximum absolute atomic E-state index is 9.22. The van der Waals surface area contributed by atoms with Gasteiger partial charge in [0, 0.05) is 18.6 Å². The van der Waals surface area contributed by atoms with Crippen LogP contribution in [0, 0.1) is 0 Å². The first-order valence-corrected chi connectivity index (χ1v) is 3.97. The number of hydrogen-bond acceptors (Lipinski definition) is 3. The van der Waals surface area contributed by atoms with Crippen LogP contribution in [0.15, 0.2) is 0 Å². The number of nitrogens with two attached hydrogens (primary N) is 1. The van der Waals surface area contributed by atoms with Crippen LogP contribution in [0.5, 0.6) is 0 Å². The Kier molecular flexibility index (Phi) is 4.00. The normalized spacial score (nSPS) is 15.5. The van der Waals surface area contributed by atoms with Crippen molar-refractivity contribution in [1.82, 2.24) is 4.90 Å². The summed E-state index contributed by atoms with van der Waals surface area (Å²) in [6, 6.07) is 0. The SMILES string of the molecule is CN(C[C@H](O)CN)C(C)(C)C. The molecule has 0 saturated carbocycles. The summed E-state index contributed by atoms with van der Waals surface area (Å²) >= 11 is 0. The smallest absolute Gasteiger partial charge is 0.0789 e. The monoisotopic (exact) mass is 160 g/mol. The van der Waals surface area contributed by atoms with Gasteiger partial charge in [-0.15, -0.1) is 0 Å². The Labute approximate surface area is 69.2 Å². The van der Waals surface area contributed by atoms with Crippen LogP contribution in [-0.4, -0.2) is 41.8 Å². The van der Waals surface area contributed by atoms with E-state index in [4.69, 9.17) is 5.73 Å². The third-order valence-electron chi connectivity index (χ3n) is 1.90. The lowest BCUT2D eigenvalue weighted by molar-refractivity contribution is 0.0838. The van der Waals surface area contributed by atoms with Gasteiger partial charge >= 0.3 is 0 Å². The summed E-state index contributed by atoms with van der Waals surface area (Å²) < 4.78 is 0. The summed E-state index contributed by atoms with van der Waals surface area (Å²) in [5.74, 6) is 0. The van der Waals surface area contributed by atoms with Gasteiger partial charge in [0.05, 0.1) is 6.10 Å². The molecule has 0 saturated heterocycles. The van der Waals surface area contributed by atoms with Gasteiger partial charge in [0.15, 0.2) is 0 Å². The molecule has 0 aliphatic heterocycles. The number of nitrogens with zero attached hydrogens (tertiary/aromatic N) is 1. The molecule has 0 heterocycles. The van der Waals surface area contributed by atoms with Crippen LogP contribution in [0.4, 0.5) is 0 Å². The van der Waals surface area contributed by atoms with Crippen LogP contribution in [0.3, 0.4) is 0 Å². The standard InChI is InChI=1S/C8H20N2O/c1-8(2,3)10(4)6-7(11)5-9/h7,11H,5-6,9H2,1-4H3/t7-/m1/s1. The van der Waals surface area contributed by atoms with Gasteiger partial charge in [0.25, 0.3) is 0 Å². The van der Waals surface area contributed by atoms with Crippen LogP contribution in [0.25, 0.3) is 0 Å². The second-order valence-electron chi connectivity index (χ2n) is 3.94. The Morgan fingerprint density at radius 1 is 1.45 bits per heavy atom. The molecule has 0 aromatic carbocycles. The predicted molar refractivity (Wildman–Crippen MR) is 47.4 cm³/mol. The van der Waals surface area contributed by atoms with Crippen LogP contribution < -0.4 is 5.73 Å². The lowest BCUT2D eigenvalue weighted by atomic mass is 10.1. The molecule has 3 nitrogen and oxygen atoms in total. The van der Waals surface area contributed by atoms with Crippen molar-refractivity contribution in [1.29, 1.82) is 0 Å². The van der Waals surface area contributed by atoms with Crippen molar-refractivity contribution < 1.29 is 5.11 Å². The fourth-order valence-electron chi connectivity index (χ4n) is 0.665. The lowest BCUT2D eigenvalue weighted by Gasteiger charge is -2.33. The number of β-amino-alcohol motifs (C(OH)–C–C–N with tert-alkyl or cyclic N) is 1. The fraction of sp³-hybridized carbons (Fsp3) is 1.00. The first kappa shape index (κ1) is 10.9. The molecule has 0 aliphatic rings. The zero-order valence-corrected chi connectivity index (χ0v) is 7.96. The van der Waals surface area contributed by atoms with Crippen molar-refractivity contribution in [3.63, 3.8) is 0 Å². The van der Waals surface area contributed by atoms with E-state index in [0.717, 1.165) is 0 Å². The van der Waals surface area contributed by atoms with Crippen molar-refractivity contribution in [2.45, 2.75) is 32.4 Å². The molecular formula is C8H20N2O. The molecule has 1 atom stereocenters. The van der Waals surface area contributed by atoms with Crippen LogP contribution >= 0.6 is 0 Å². The minimum atomic E-state index is -0.403. The third kappa shape index (κ3) is 4.35. The molecule has 3 heteroatoms. The average Bonchev–Trinajstić information content (AvgIpc) is 1.85. The molecular weight excluding hydrogens is 140 g/mol. The molecule has 0 unspecified atom stereocenters. The van der Waals surface area contributed by atoms with Crippen molar-refractivity contribution >= 4 is 0 Å². The Morgan fingerprint density at radius 2 is 1.91 bits per heavy atom. The van der Waals surface area contributed by atoms with E-state index in [1.165, 1.54) is 0 Å².